The second-order valence-electron chi connectivity index (χ2n) is 8.76. The van der Waals surface area contributed by atoms with Gasteiger partial charge in [0.05, 0.1) is 24.7 Å². The molecular formula is C25H26FN7O3. The molecule has 0 radical (unpaired) electrons. The average molecular weight is 492 g/mol. The van der Waals surface area contributed by atoms with Crippen LogP contribution in [0.25, 0.3) is 10.9 Å². The van der Waals surface area contributed by atoms with Crippen molar-refractivity contribution in [3.8, 4) is 5.75 Å². The molecule has 2 aliphatic heterocycles. The van der Waals surface area contributed by atoms with Crippen LogP contribution in [0.1, 0.15) is 28.5 Å². The standard InChI is InChI=1S/C25H26FN7O3/c1-33-13-16(11-29-33)24(14-4-6-21(36-2)18(26)7-14)32-25(35)19-5-3-15-10-27-22(9-20(15)31-19)30-17-8-23(34)28-12-17/h3-7,9-10,13,17,24,29H,8,11-12H2,1-2H3,(H,27,30)(H,28,34)(H,32,35)/t17?,24-/m0/s1. The Bertz CT molecular complexity index is 1360. The van der Waals surface area contributed by atoms with E-state index >= 15 is 0 Å². The highest BCUT2D eigenvalue weighted by atomic mass is 19.1. The van der Waals surface area contributed by atoms with Crippen LogP contribution in [0.5, 0.6) is 5.75 Å². The van der Waals surface area contributed by atoms with Crippen molar-refractivity contribution < 1.29 is 18.7 Å². The molecule has 1 aromatic carbocycles. The molecule has 186 valence electrons. The van der Waals surface area contributed by atoms with E-state index in [9.17, 15) is 14.0 Å². The molecule has 0 aliphatic carbocycles. The summed E-state index contributed by atoms with van der Waals surface area (Å²) in [5.41, 5.74) is 5.41. The van der Waals surface area contributed by atoms with Gasteiger partial charge in [0.25, 0.3) is 5.91 Å². The molecule has 5 rings (SSSR count). The van der Waals surface area contributed by atoms with E-state index in [0.717, 1.165) is 11.0 Å². The summed E-state index contributed by atoms with van der Waals surface area (Å²) in [4.78, 5) is 33.7. The highest BCUT2D eigenvalue weighted by Crippen LogP contribution is 2.28. The van der Waals surface area contributed by atoms with E-state index < -0.39 is 17.8 Å². The number of nitrogens with one attached hydrogen (secondary N) is 4. The molecule has 4 heterocycles. The fourth-order valence-electron chi connectivity index (χ4n) is 4.33. The van der Waals surface area contributed by atoms with Gasteiger partial charge in [-0.3, -0.25) is 9.59 Å². The van der Waals surface area contributed by atoms with Gasteiger partial charge < -0.3 is 25.7 Å². The molecule has 11 heteroatoms. The molecule has 2 atom stereocenters. The van der Waals surface area contributed by atoms with Gasteiger partial charge in [-0.05, 0) is 35.4 Å². The number of pyridine rings is 2. The van der Waals surface area contributed by atoms with Crippen molar-refractivity contribution in [3.63, 3.8) is 0 Å². The SMILES string of the molecule is COc1ccc([C@H](NC(=O)c2ccc3cnc(NC4CNC(=O)C4)cc3n2)C2=CN(C)NC2)cc1F. The predicted molar refractivity (Wildman–Crippen MR) is 132 cm³/mol. The first kappa shape index (κ1) is 23.5. The number of hydrogen-bond donors (Lipinski definition) is 4. The highest BCUT2D eigenvalue weighted by Gasteiger charge is 2.25. The van der Waals surface area contributed by atoms with E-state index in [-0.39, 0.29) is 23.4 Å². The van der Waals surface area contributed by atoms with E-state index in [1.807, 2.05) is 13.2 Å². The van der Waals surface area contributed by atoms with Crippen LogP contribution in [0.15, 0.2) is 54.4 Å². The van der Waals surface area contributed by atoms with Crippen molar-refractivity contribution in [2.45, 2.75) is 18.5 Å². The summed E-state index contributed by atoms with van der Waals surface area (Å²) >= 11 is 0. The maximum absolute atomic E-state index is 14.5. The number of aromatic nitrogens is 2. The number of hydrogen-bond acceptors (Lipinski definition) is 8. The zero-order chi connectivity index (χ0) is 25.2. The van der Waals surface area contributed by atoms with Crippen molar-refractivity contribution in [3.05, 3.63) is 71.4 Å². The Kier molecular flexibility index (Phi) is 6.38. The number of fused-ring (bicyclic) bond motifs is 1. The molecule has 0 spiro atoms. The summed E-state index contributed by atoms with van der Waals surface area (Å²) in [6.45, 7) is 1.03. The normalized spacial score (nSPS) is 18.1. The van der Waals surface area contributed by atoms with Crippen LogP contribution >= 0.6 is 0 Å². The number of hydrazine groups is 1. The molecule has 10 nitrogen and oxygen atoms in total. The summed E-state index contributed by atoms with van der Waals surface area (Å²) in [7, 11) is 3.25. The molecule has 1 saturated heterocycles. The average Bonchev–Trinajstić information content (AvgIpc) is 3.49. The number of benzene rings is 1. The minimum Gasteiger partial charge on any atom is -0.494 e. The Labute approximate surface area is 206 Å². The number of methoxy groups -OCH3 is 1. The maximum atomic E-state index is 14.5. The molecule has 36 heavy (non-hydrogen) atoms. The smallest absolute Gasteiger partial charge is 0.270 e. The van der Waals surface area contributed by atoms with Gasteiger partial charge in [0.15, 0.2) is 11.6 Å². The molecule has 2 aliphatic rings. The Hall–Kier alpha value is -4.25. The third kappa shape index (κ3) is 4.91. The van der Waals surface area contributed by atoms with Gasteiger partial charge in [0.2, 0.25) is 5.91 Å². The lowest BCUT2D eigenvalue weighted by Gasteiger charge is -2.20. The lowest BCUT2D eigenvalue weighted by molar-refractivity contribution is -0.119. The quantitative estimate of drug-likeness (QED) is 0.396. The van der Waals surface area contributed by atoms with E-state index in [2.05, 4.69) is 31.3 Å². The second kappa shape index (κ2) is 9.78. The topological polar surface area (TPSA) is 121 Å². The van der Waals surface area contributed by atoms with E-state index in [1.165, 1.54) is 13.2 Å². The minimum absolute atomic E-state index is 0.00422. The van der Waals surface area contributed by atoms with Crippen LogP contribution in [-0.4, -0.2) is 60.1 Å². The summed E-state index contributed by atoms with van der Waals surface area (Å²) in [5, 5.41) is 11.6. The summed E-state index contributed by atoms with van der Waals surface area (Å²) in [6, 6.07) is 9.17. The third-order valence-electron chi connectivity index (χ3n) is 6.18. The molecule has 0 saturated carbocycles. The molecule has 2 aromatic heterocycles. The number of ether oxygens (including phenoxy) is 1. The fourth-order valence-corrected chi connectivity index (χ4v) is 4.33. The largest absolute Gasteiger partial charge is 0.494 e. The van der Waals surface area contributed by atoms with Crippen molar-refractivity contribution in [2.24, 2.45) is 0 Å². The third-order valence-corrected chi connectivity index (χ3v) is 6.18. The highest BCUT2D eigenvalue weighted by molar-refractivity contribution is 5.95. The number of halogens is 1. The van der Waals surface area contributed by atoms with Crippen LogP contribution in [0.4, 0.5) is 10.2 Å². The molecular weight excluding hydrogens is 465 g/mol. The second-order valence-corrected chi connectivity index (χ2v) is 8.76. The summed E-state index contributed by atoms with van der Waals surface area (Å²) in [5.74, 6) is -0.206. The molecule has 4 N–H and O–H groups in total. The van der Waals surface area contributed by atoms with Gasteiger partial charge in [-0.1, -0.05) is 6.07 Å². The van der Waals surface area contributed by atoms with Crippen LogP contribution in [0.2, 0.25) is 0 Å². The molecule has 1 fully saturated rings. The van der Waals surface area contributed by atoms with Crippen molar-refractivity contribution in [1.82, 2.24) is 31.0 Å². The van der Waals surface area contributed by atoms with E-state index in [4.69, 9.17) is 4.74 Å². The lowest BCUT2D eigenvalue weighted by atomic mass is 9.99. The zero-order valence-electron chi connectivity index (χ0n) is 19.8. The Morgan fingerprint density at radius 2 is 2.14 bits per heavy atom. The van der Waals surface area contributed by atoms with Crippen LogP contribution < -0.4 is 26.1 Å². The fraction of sp³-hybridized carbons (Fsp3) is 0.280. The van der Waals surface area contributed by atoms with Gasteiger partial charge in [-0.25, -0.2) is 19.8 Å². The maximum Gasteiger partial charge on any atom is 0.270 e. The molecule has 2 amide bonds. The first-order chi connectivity index (χ1) is 17.4. The Morgan fingerprint density at radius 1 is 1.28 bits per heavy atom. The van der Waals surface area contributed by atoms with Gasteiger partial charge in [0.1, 0.15) is 11.5 Å². The first-order valence-corrected chi connectivity index (χ1v) is 11.5. The molecule has 0 bridgehead atoms. The van der Waals surface area contributed by atoms with Gasteiger partial charge in [-0.15, -0.1) is 0 Å². The van der Waals surface area contributed by atoms with Crippen molar-refractivity contribution in [2.75, 3.05) is 32.6 Å². The predicted octanol–water partition coefficient (Wildman–Crippen LogP) is 1.88. The number of nitrogens with zero attached hydrogens (tertiary/aromatic N) is 3. The molecule has 1 unspecified atom stereocenters. The van der Waals surface area contributed by atoms with Crippen LogP contribution in [0, 0.1) is 5.82 Å². The minimum atomic E-state index is -0.574. The van der Waals surface area contributed by atoms with Gasteiger partial charge >= 0.3 is 0 Å². The van der Waals surface area contributed by atoms with Crippen LogP contribution in [0.3, 0.4) is 0 Å². The number of carbonyl (C=O) groups is 2. The monoisotopic (exact) mass is 491 g/mol. The molecule has 3 aromatic rings. The number of carbonyl (C=O) groups excluding carboxylic acids is 2. The van der Waals surface area contributed by atoms with Crippen molar-refractivity contribution in [1.29, 1.82) is 0 Å². The summed E-state index contributed by atoms with van der Waals surface area (Å²) in [6.07, 6.45) is 3.92. The lowest BCUT2D eigenvalue weighted by Crippen LogP contribution is -2.32. The van der Waals surface area contributed by atoms with E-state index in [1.54, 1.807) is 41.5 Å². The van der Waals surface area contributed by atoms with Gasteiger partial charge in [0, 0.05) is 50.4 Å². The van der Waals surface area contributed by atoms with Crippen molar-refractivity contribution >= 4 is 28.5 Å². The number of amides is 2. The zero-order valence-corrected chi connectivity index (χ0v) is 19.8. The number of anilines is 1. The summed E-state index contributed by atoms with van der Waals surface area (Å²) < 4.78 is 19.5. The van der Waals surface area contributed by atoms with E-state index in [0.29, 0.717) is 36.4 Å². The Morgan fingerprint density at radius 3 is 2.83 bits per heavy atom. The Balaban J connectivity index is 1.40. The number of rotatable bonds is 7. The van der Waals surface area contributed by atoms with Gasteiger partial charge in [-0.2, -0.15) is 0 Å². The first-order valence-electron chi connectivity index (χ1n) is 11.5. The van der Waals surface area contributed by atoms with Crippen LogP contribution in [-0.2, 0) is 4.79 Å².